The highest BCUT2D eigenvalue weighted by Crippen LogP contribution is 2.27. The first kappa shape index (κ1) is 20.3. The van der Waals surface area contributed by atoms with E-state index < -0.39 is 0 Å². The molecule has 0 radical (unpaired) electrons. The van der Waals surface area contributed by atoms with E-state index in [2.05, 4.69) is 20.2 Å². The summed E-state index contributed by atoms with van der Waals surface area (Å²) in [5.41, 5.74) is 3.90. The SMILES string of the molecule is Cc1cccc(NC(=O)CCC(=O)N2CCN(c3nc4cccnc4s3)CC2)c1C. The zero-order valence-corrected chi connectivity index (χ0v) is 18.0. The minimum Gasteiger partial charge on any atom is -0.344 e. The molecule has 0 aliphatic carbocycles. The third kappa shape index (κ3) is 4.43. The Labute approximate surface area is 179 Å². The molecule has 7 nitrogen and oxygen atoms in total. The van der Waals surface area contributed by atoms with Crippen molar-refractivity contribution in [1.29, 1.82) is 0 Å². The van der Waals surface area contributed by atoms with Crippen LogP contribution in [0.4, 0.5) is 10.8 Å². The third-order valence-corrected chi connectivity index (χ3v) is 6.54. The van der Waals surface area contributed by atoms with Gasteiger partial charge >= 0.3 is 0 Å². The molecule has 2 amide bonds. The molecule has 0 saturated carbocycles. The molecule has 0 atom stereocenters. The number of nitrogens with zero attached hydrogens (tertiary/aromatic N) is 4. The van der Waals surface area contributed by atoms with Crippen molar-refractivity contribution in [3.63, 3.8) is 0 Å². The fourth-order valence-electron chi connectivity index (χ4n) is 3.52. The van der Waals surface area contributed by atoms with Crippen LogP contribution in [0.25, 0.3) is 10.3 Å². The van der Waals surface area contributed by atoms with Gasteiger partial charge in [0.25, 0.3) is 0 Å². The highest BCUT2D eigenvalue weighted by atomic mass is 32.1. The summed E-state index contributed by atoms with van der Waals surface area (Å²) in [7, 11) is 0. The van der Waals surface area contributed by atoms with Crippen LogP contribution in [0.1, 0.15) is 24.0 Å². The van der Waals surface area contributed by atoms with Crippen LogP contribution < -0.4 is 10.2 Å². The van der Waals surface area contributed by atoms with Gasteiger partial charge in [-0.25, -0.2) is 9.97 Å². The number of carbonyl (C=O) groups excluding carboxylic acids is 2. The molecule has 1 aliphatic rings. The summed E-state index contributed by atoms with van der Waals surface area (Å²) in [4.78, 5) is 38.8. The molecule has 1 saturated heterocycles. The summed E-state index contributed by atoms with van der Waals surface area (Å²) in [6, 6.07) is 9.67. The highest BCUT2D eigenvalue weighted by Gasteiger charge is 2.23. The van der Waals surface area contributed by atoms with E-state index in [1.54, 1.807) is 17.5 Å². The van der Waals surface area contributed by atoms with Crippen molar-refractivity contribution in [3.8, 4) is 0 Å². The number of nitrogens with one attached hydrogen (secondary N) is 1. The van der Waals surface area contributed by atoms with E-state index in [0.717, 1.165) is 45.4 Å². The maximum atomic E-state index is 12.6. The summed E-state index contributed by atoms with van der Waals surface area (Å²) < 4.78 is 0. The van der Waals surface area contributed by atoms with Gasteiger partial charge in [0.05, 0.1) is 0 Å². The predicted molar refractivity (Wildman–Crippen MR) is 120 cm³/mol. The van der Waals surface area contributed by atoms with E-state index in [-0.39, 0.29) is 24.7 Å². The number of hydrogen-bond donors (Lipinski definition) is 1. The van der Waals surface area contributed by atoms with Crippen LogP contribution in [0, 0.1) is 13.8 Å². The molecule has 0 bridgehead atoms. The smallest absolute Gasteiger partial charge is 0.224 e. The van der Waals surface area contributed by atoms with Gasteiger partial charge in [-0.1, -0.05) is 23.5 Å². The average molecular weight is 424 g/mol. The van der Waals surface area contributed by atoms with Crippen molar-refractivity contribution in [1.82, 2.24) is 14.9 Å². The fourth-order valence-corrected chi connectivity index (χ4v) is 4.48. The number of aromatic nitrogens is 2. The second kappa shape index (κ2) is 8.79. The summed E-state index contributed by atoms with van der Waals surface area (Å²) in [5.74, 6) is -0.102. The number of rotatable bonds is 5. The van der Waals surface area contributed by atoms with Crippen LogP contribution in [0.2, 0.25) is 0 Å². The lowest BCUT2D eigenvalue weighted by molar-refractivity contribution is -0.133. The van der Waals surface area contributed by atoms with Crippen LogP contribution >= 0.6 is 11.3 Å². The average Bonchev–Trinajstić information content (AvgIpc) is 3.20. The molecule has 8 heteroatoms. The Hall–Kier alpha value is -3.00. The van der Waals surface area contributed by atoms with Crippen molar-refractivity contribution in [2.24, 2.45) is 0 Å². The van der Waals surface area contributed by atoms with E-state index in [4.69, 9.17) is 0 Å². The quantitative estimate of drug-likeness (QED) is 0.681. The van der Waals surface area contributed by atoms with Gasteiger partial charge in [-0.3, -0.25) is 9.59 Å². The Morgan fingerprint density at radius 2 is 1.87 bits per heavy atom. The Bertz CT molecular complexity index is 1040. The van der Waals surface area contributed by atoms with Crippen LogP contribution in [-0.4, -0.2) is 52.9 Å². The van der Waals surface area contributed by atoms with Crippen molar-refractivity contribution in [2.45, 2.75) is 26.7 Å². The van der Waals surface area contributed by atoms with Gasteiger partial charge in [-0.2, -0.15) is 0 Å². The summed E-state index contributed by atoms with van der Waals surface area (Å²) in [6.45, 7) is 6.75. The molecular formula is C22H25N5O2S. The third-order valence-electron chi connectivity index (χ3n) is 5.50. The minimum absolute atomic E-state index is 0.0248. The highest BCUT2D eigenvalue weighted by molar-refractivity contribution is 7.21. The first-order valence-electron chi connectivity index (χ1n) is 10.1. The molecule has 1 aliphatic heterocycles. The largest absolute Gasteiger partial charge is 0.344 e. The molecule has 1 fully saturated rings. The molecule has 1 N–H and O–H groups in total. The standard InChI is InChI=1S/C22H25N5O2S/c1-15-5-3-6-17(16(15)2)24-19(28)8-9-20(29)26-11-13-27(14-12-26)22-25-18-7-4-10-23-21(18)30-22/h3-7,10H,8-9,11-14H2,1-2H3,(H,24,28). The van der Waals surface area contributed by atoms with Gasteiger partial charge in [-0.15, -0.1) is 0 Å². The Morgan fingerprint density at radius 1 is 1.07 bits per heavy atom. The lowest BCUT2D eigenvalue weighted by atomic mass is 10.1. The lowest BCUT2D eigenvalue weighted by Gasteiger charge is -2.34. The number of hydrogen-bond acceptors (Lipinski definition) is 6. The second-order valence-corrected chi connectivity index (χ2v) is 8.44. The number of amides is 2. The molecule has 4 rings (SSSR count). The number of carbonyl (C=O) groups is 2. The topological polar surface area (TPSA) is 78.4 Å². The monoisotopic (exact) mass is 423 g/mol. The maximum absolute atomic E-state index is 12.6. The first-order chi connectivity index (χ1) is 14.5. The molecule has 0 spiro atoms. The summed E-state index contributed by atoms with van der Waals surface area (Å²) in [6.07, 6.45) is 2.19. The zero-order chi connectivity index (χ0) is 21.1. The van der Waals surface area contributed by atoms with Crippen molar-refractivity contribution >= 4 is 44.3 Å². The number of aryl methyl sites for hydroxylation is 1. The Balaban J connectivity index is 1.26. The fraction of sp³-hybridized carbons (Fsp3) is 0.364. The second-order valence-electron chi connectivity index (χ2n) is 7.49. The van der Waals surface area contributed by atoms with Gasteiger partial charge in [0.15, 0.2) is 5.13 Å². The van der Waals surface area contributed by atoms with Crippen LogP contribution in [0.3, 0.4) is 0 Å². The van der Waals surface area contributed by atoms with E-state index in [0.29, 0.717) is 13.1 Å². The number of piperazine rings is 1. The molecule has 30 heavy (non-hydrogen) atoms. The van der Waals surface area contributed by atoms with Gasteiger partial charge < -0.3 is 15.1 Å². The van der Waals surface area contributed by atoms with E-state index in [1.165, 1.54) is 0 Å². The zero-order valence-electron chi connectivity index (χ0n) is 17.2. The van der Waals surface area contributed by atoms with E-state index in [9.17, 15) is 9.59 Å². The molecule has 3 heterocycles. The van der Waals surface area contributed by atoms with Crippen molar-refractivity contribution in [2.75, 3.05) is 36.4 Å². The maximum Gasteiger partial charge on any atom is 0.224 e. The lowest BCUT2D eigenvalue weighted by Crippen LogP contribution is -2.48. The Morgan fingerprint density at radius 3 is 2.63 bits per heavy atom. The molecule has 1 aromatic carbocycles. The minimum atomic E-state index is -0.127. The van der Waals surface area contributed by atoms with Gasteiger partial charge in [0, 0.05) is 50.9 Å². The first-order valence-corrected chi connectivity index (χ1v) is 10.9. The van der Waals surface area contributed by atoms with Gasteiger partial charge in [-0.05, 0) is 43.2 Å². The van der Waals surface area contributed by atoms with E-state index >= 15 is 0 Å². The van der Waals surface area contributed by atoms with Gasteiger partial charge in [0.1, 0.15) is 10.3 Å². The number of fused-ring (bicyclic) bond motifs is 1. The molecule has 156 valence electrons. The van der Waals surface area contributed by atoms with Crippen LogP contribution in [0.15, 0.2) is 36.5 Å². The molecule has 0 unspecified atom stereocenters. The molecular weight excluding hydrogens is 398 g/mol. The van der Waals surface area contributed by atoms with E-state index in [1.807, 2.05) is 49.1 Å². The van der Waals surface area contributed by atoms with Crippen molar-refractivity contribution < 1.29 is 9.59 Å². The molecule has 3 aromatic rings. The number of thiazole rings is 1. The number of benzene rings is 1. The number of pyridine rings is 1. The normalized spacial score (nSPS) is 14.2. The van der Waals surface area contributed by atoms with Crippen LogP contribution in [0.5, 0.6) is 0 Å². The predicted octanol–water partition coefficient (Wildman–Crippen LogP) is 3.38. The van der Waals surface area contributed by atoms with Crippen LogP contribution in [-0.2, 0) is 9.59 Å². The number of anilines is 2. The molecule has 2 aromatic heterocycles. The summed E-state index contributed by atoms with van der Waals surface area (Å²) in [5, 5.41) is 3.87. The summed E-state index contributed by atoms with van der Waals surface area (Å²) >= 11 is 1.58. The Kier molecular flexibility index (Phi) is 5.94. The van der Waals surface area contributed by atoms with Crippen molar-refractivity contribution in [3.05, 3.63) is 47.7 Å². The van der Waals surface area contributed by atoms with Gasteiger partial charge in [0.2, 0.25) is 11.8 Å².